The van der Waals surface area contributed by atoms with E-state index in [1.54, 1.807) is 0 Å². The number of esters is 1. The van der Waals surface area contributed by atoms with Crippen molar-refractivity contribution in [1.29, 1.82) is 0 Å². The number of carbonyl (C=O) groups excluding carboxylic acids is 2. The van der Waals surface area contributed by atoms with Crippen LogP contribution in [-0.2, 0) is 14.3 Å². The maximum absolute atomic E-state index is 11.0. The van der Waals surface area contributed by atoms with Gasteiger partial charge in [0.25, 0.3) is 0 Å². The van der Waals surface area contributed by atoms with Crippen LogP contribution in [0.4, 0.5) is 0 Å². The SMILES string of the molecule is COC(=O)C1=C2CCC(=O)[C@H]21. The van der Waals surface area contributed by atoms with Gasteiger partial charge in [0.05, 0.1) is 18.6 Å². The van der Waals surface area contributed by atoms with Crippen LogP contribution in [0.2, 0.25) is 0 Å². The number of fused-ring (bicyclic) bond motifs is 1. The Labute approximate surface area is 64.0 Å². The second-order valence-electron chi connectivity index (χ2n) is 2.83. The van der Waals surface area contributed by atoms with Gasteiger partial charge in [-0.15, -0.1) is 0 Å². The maximum atomic E-state index is 11.0. The first-order valence-corrected chi connectivity index (χ1v) is 3.59. The summed E-state index contributed by atoms with van der Waals surface area (Å²) in [5.74, 6) is -0.277. The molecule has 0 amide bonds. The fourth-order valence-corrected chi connectivity index (χ4v) is 1.66. The minimum atomic E-state index is -0.321. The van der Waals surface area contributed by atoms with Gasteiger partial charge in [-0.3, -0.25) is 4.79 Å². The first kappa shape index (κ1) is 6.58. The molecule has 0 bridgehead atoms. The molecule has 58 valence electrons. The topological polar surface area (TPSA) is 43.4 Å². The molecule has 1 atom stereocenters. The highest BCUT2D eigenvalue weighted by atomic mass is 16.5. The van der Waals surface area contributed by atoms with Crippen LogP contribution in [0, 0.1) is 5.92 Å². The lowest BCUT2D eigenvalue weighted by atomic mass is 10.2. The summed E-state index contributed by atoms with van der Waals surface area (Å²) in [6, 6.07) is 0. The molecule has 2 aliphatic rings. The molecule has 0 aliphatic heterocycles. The minimum Gasteiger partial charge on any atom is -0.466 e. The molecule has 0 radical (unpaired) electrons. The van der Waals surface area contributed by atoms with E-state index in [-0.39, 0.29) is 17.7 Å². The van der Waals surface area contributed by atoms with Gasteiger partial charge in [0, 0.05) is 6.42 Å². The Morgan fingerprint density at radius 1 is 1.55 bits per heavy atom. The number of Topliss-reactive ketones (excluding diaryl/α,β-unsaturated/α-hetero) is 1. The van der Waals surface area contributed by atoms with Crippen molar-refractivity contribution in [3.8, 4) is 0 Å². The summed E-state index contributed by atoms with van der Waals surface area (Å²) in [6.45, 7) is 0. The average Bonchev–Trinajstić information content (AvgIpc) is 2.63. The molecule has 0 saturated heterocycles. The van der Waals surface area contributed by atoms with Gasteiger partial charge in [-0.25, -0.2) is 4.79 Å². The fourth-order valence-electron chi connectivity index (χ4n) is 1.66. The normalized spacial score (nSPS) is 27.0. The summed E-state index contributed by atoms with van der Waals surface area (Å²) in [5.41, 5.74) is 1.64. The van der Waals surface area contributed by atoms with E-state index in [2.05, 4.69) is 4.74 Å². The zero-order valence-electron chi connectivity index (χ0n) is 6.22. The van der Waals surface area contributed by atoms with E-state index < -0.39 is 0 Å². The third-order valence-corrected chi connectivity index (χ3v) is 2.27. The Morgan fingerprint density at radius 3 is 2.73 bits per heavy atom. The van der Waals surface area contributed by atoms with Gasteiger partial charge in [-0.1, -0.05) is 0 Å². The molecule has 3 heteroatoms. The van der Waals surface area contributed by atoms with E-state index in [1.165, 1.54) is 7.11 Å². The summed E-state index contributed by atoms with van der Waals surface area (Å²) in [4.78, 5) is 21.9. The Bertz CT molecular complexity index is 275. The molecule has 3 nitrogen and oxygen atoms in total. The first-order chi connectivity index (χ1) is 5.25. The van der Waals surface area contributed by atoms with Crippen molar-refractivity contribution in [2.45, 2.75) is 12.8 Å². The zero-order chi connectivity index (χ0) is 8.01. The standard InChI is InChI=1S/C8H8O3/c1-11-8(10)7-4-2-3-5(9)6(4)7/h6H,2-3H2,1H3/t6-/m0/s1. The number of ketones is 1. The van der Waals surface area contributed by atoms with Crippen LogP contribution < -0.4 is 0 Å². The maximum Gasteiger partial charge on any atom is 0.334 e. The highest BCUT2D eigenvalue weighted by molar-refractivity contribution is 6.09. The van der Waals surface area contributed by atoms with E-state index in [0.717, 1.165) is 12.0 Å². The highest BCUT2D eigenvalue weighted by Crippen LogP contribution is 2.49. The molecule has 2 aliphatic carbocycles. The second-order valence-corrected chi connectivity index (χ2v) is 2.83. The number of carbonyl (C=O) groups is 2. The van der Waals surface area contributed by atoms with E-state index >= 15 is 0 Å². The van der Waals surface area contributed by atoms with Crippen LogP contribution in [0.15, 0.2) is 11.1 Å². The molecular weight excluding hydrogens is 144 g/mol. The van der Waals surface area contributed by atoms with E-state index in [9.17, 15) is 9.59 Å². The Balaban J connectivity index is 2.17. The molecule has 1 fully saturated rings. The van der Waals surface area contributed by atoms with Gasteiger partial charge < -0.3 is 4.74 Å². The van der Waals surface area contributed by atoms with Gasteiger partial charge in [-0.2, -0.15) is 0 Å². The molecule has 1 saturated carbocycles. The lowest BCUT2D eigenvalue weighted by Crippen LogP contribution is -2.06. The highest BCUT2D eigenvalue weighted by Gasteiger charge is 2.50. The Hall–Kier alpha value is -1.12. The van der Waals surface area contributed by atoms with Crippen molar-refractivity contribution in [2.24, 2.45) is 5.92 Å². The molecule has 0 N–H and O–H groups in total. The summed E-state index contributed by atoms with van der Waals surface area (Å²) in [5, 5.41) is 0. The minimum absolute atomic E-state index is 0.137. The largest absolute Gasteiger partial charge is 0.466 e. The monoisotopic (exact) mass is 152 g/mol. The van der Waals surface area contributed by atoms with Gasteiger partial charge >= 0.3 is 5.97 Å². The average molecular weight is 152 g/mol. The predicted octanol–water partition coefficient (Wildman–Crippen LogP) is 0.449. The number of ether oxygens (including phenoxy) is 1. The first-order valence-electron chi connectivity index (χ1n) is 3.59. The van der Waals surface area contributed by atoms with Gasteiger partial charge in [0.15, 0.2) is 0 Å². The molecule has 0 spiro atoms. The molecule has 2 rings (SSSR count). The molecule has 0 unspecified atom stereocenters. The number of methoxy groups -OCH3 is 1. The van der Waals surface area contributed by atoms with Crippen molar-refractivity contribution >= 4 is 11.8 Å². The summed E-state index contributed by atoms with van der Waals surface area (Å²) >= 11 is 0. The molecule has 0 aromatic heterocycles. The van der Waals surface area contributed by atoms with Crippen molar-refractivity contribution in [1.82, 2.24) is 0 Å². The van der Waals surface area contributed by atoms with Crippen LogP contribution in [0.5, 0.6) is 0 Å². The van der Waals surface area contributed by atoms with E-state index in [1.807, 2.05) is 0 Å². The molecule has 0 heterocycles. The van der Waals surface area contributed by atoms with Crippen LogP contribution in [0.25, 0.3) is 0 Å². The zero-order valence-corrected chi connectivity index (χ0v) is 6.22. The number of hydrogen-bond donors (Lipinski definition) is 0. The van der Waals surface area contributed by atoms with Crippen molar-refractivity contribution in [3.05, 3.63) is 11.1 Å². The van der Waals surface area contributed by atoms with Crippen LogP contribution in [-0.4, -0.2) is 18.9 Å². The Morgan fingerprint density at radius 2 is 2.27 bits per heavy atom. The smallest absolute Gasteiger partial charge is 0.334 e. The van der Waals surface area contributed by atoms with E-state index in [4.69, 9.17) is 0 Å². The van der Waals surface area contributed by atoms with Crippen molar-refractivity contribution < 1.29 is 14.3 Å². The molecular formula is C8H8O3. The fraction of sp³-hybridized carbons (Fsp3) is 0.500. The summed E-state index contributed by atoms with van der Waals surface area (Å²) < 4.78 is 4.51. The third-order valence-electron chi connectivity index (χ3n) is 2.27. The van der Waals surface area contributed by atoms with Gasteiger partial charge in [0.2, 0.25) is 0 Å². The molecule has 11 heavy (non-hydrogen) atoms. The van der Waals surface area contributed by atoms with Crippen LogP contribution in [0.1, 0.15) is 12.8 Å². The van der Waals surface area contributed by atoms with E-state index in [0.29, 0.717) is 12.0 Å². The number of rotatable bonds is 1. The lowest BCUT2D eigenvalue weighted by molar-refractivity contribution is -0.136. The van der Waals surface area contributed by atoms with Crippen molar-refractivity contribution in [3.63, 3.8) is 0 Å². The quantitative estimate of drug-likeness (QED) is 0.512. The number of hydrogen-bond acceptors (Lipinski definition) is 3. The van der Waals surface area contributed by atoms with Gasteiger partial charge in [-0.05, 0) is 12.0 Å². The third kappa shape index (κ3) is 0.737. The second kappa shape index (κ2) is 1.94. The molecule has 0 aromatic carbocycles. The predicted molar refractivity (Wildman–Crippen MR) is 36.8 cm³/mol. The lowest BCUT2D eigenvalue weighted by Gasteiger charge is -1.94. The van der Waals surface area contributed by atoms with Crippen molar-refractivity contribution in [2.75, 3.05) is 7.11 Å². The molecule has 0 aromatic rings. The summed E-state index contributed by atoms with van der Waals surface area (Å²) in [7, 11) is 1.34. The van der Waals surface area contributed by atoms with Crippen LogP contribution in [0.3, 0.4) is 0 Å². The number of allylic oxidation sites excluding steroid dienone is 1. The summed E-state index contributed by atoms with van der Waals surface area (Å²) in [6.07, 6.45) is 1.38. The Kier molecular flexibility index (Phi) is 1.16. The van der Waals surface area contributed by atoms with Gasteiger partial charge in [0.1, 0.15) is 5.78 Å². The van der Waals surface area contributed by atoms with Crippen LogP contribution >= 0.6 is 0 Å².